The normalized spacial score (nSPS) is 53.2. The lowest BCUT2D eigenvalue weighted by Gasteiger charge is -2.18. The van der Waals surface area contributed by atoms with Crippen molar-refractivity contribution in [3.8, 4) is 0 Å². The highest BCUT2D eigenvalue weighted by molar-refractivity contribution is 8.67. The number of rotatable bonds is 0. The highest BCUT2D eigenvalue weighted by Gasteiger charge is 2.42. The topological polar surface area (TPSA) is 0 Å². The molecule has 0 atom stereocenters. The largest absolute Gasteiger partial charge is 0.0919 e. The van der Waals surface area contributed by atoms with Crippen molar-refractivity contribution in [2.45, 2.75) is 12.8 Å². The van der Waals surface area contributed by atoms with Gasteiger partial charge in [-0.05, 0) is 48.9 Å². The molecule has 0 radical (unpaired) electrons. The van der Waals surface area contributed by atoms with E-state index >= 15 is 0 Å². The molecule has 2 aliphatic rings. The van der Waals surface area contributed by atoms with Crippen LogP contribution in [0.2, 0.25) is 0 Å². The van der Waals surface area contributed by atoms with Crippen LogP contribution in [0.3, 0.4) is 0 Å². The van der Waals surface area contributed by atoms with E-state index in [0.717, 1.165) is 0 Å². The van der Waals surface area contributed by atoms with Crippen molar-refractivity contribution < 1.29 is 0 Å². The fourth-order valence-corrected chi connectivity index (χ4v) is 17.7. The van der Waals surface area contributed by atoms with E-state index in [-0.39, 0.29) is 0 Å². The fourth-order valence-electron chi connectivity index (χ4n) is 2.08. The van der Waals surface area contributed by atoms with Gasteiger partial charge in [0.1, 0.15) is 0 Å². The zero-order chi connectivity index (χ0) is 7.24. The van der Waals surface area contributed by atoms with Gasteiger partial charge in [0.15, 0.2) is 0 Å². The molecule has 0 aromatic carbocycles. The van der Waals surface area contributed by atoms with E-state index < -0.39 is 11.5 Å². The van der Waals surface area contributed by atoms with Crippen LogP contribution in [-0.4, -0.2) is 24.6 Å². The van der Waals surface area contributed by atoms with Gasteiger partial charge in [-0.15, -0.1) is 0 Å². The standard InChI is InChI=1S/C6H12P2S2/c9-7-3-1-4-8(7,10)6-2-5-7/h1-6H2. The Labute approximate surface area is 72.7 Å². The summed E-state index contributed by atoms with van der Waals surface area (Å²) < 4.78 is 0. The maximum absolute atomic E-state index is 5.72. The first kappa shape index (κ1) is 7.92. The predicted octanol–water partition coefficient (Wildman–Crippen LogP) is 2.67. The molecular weight excluding hydrogens is 198 g/mol. The second-order valence-electron chi connectivity index (χ2n) is 3.29. The zero-order valence-electron chi connectivity index (χ0n) is 5.95. The van der Waals surface area contributed by atoms with Crippen molar-refractivity contribution in [3.05, 3.63) is 0 Å². The molecule has 0 bridgehead atoms. The van der Waals surface area contributed by atoms with Crippen LogP contribution in [0, 0.1) is 0 Å². The van der Waals surface area contributed by atoms with E-state index in [1.807, 2.05) is 0 Å². The van der Waals surface area contributed by atoms with E-state index in [2.05, 4.69) is 0 Å². The van der Waals surface area contributed by atoms with Crippen molar-refractivity contribution in [2.75, 3.05) is 24.6 Å². The van der Waals surface area contributed by atoms with Crippen LogP contribution in [0.1, 0.15) is 12.8 Å². The third-order valence-electron chi connectivity index (χ3n) is 2.69. The van der Waals surface area contributed by atoms with Gasteiger partial charge in [-0.25, -0.2) is 0 Å². The average molecular weight is 210 g/mol. The highest BCUT2D eigenvalue weighted by Crippen LogP contribution is 2.89. The fraction of sp³-hybridized carbons (Fsp3) is 1.00. The third-order valence-corrected chi connectivity index (χ3v) is 23.2. The Morgan fingerprint density at radius 1 is 0.700 bits per heavy atom. The molecule has 0 aromatic rings. The maximum atomic E-state index is 5.72. The summed E-state index contributed by atoms with van der Waals surface area (Å²) in [7, 11) is 0. The van der Waals surface area contributed by atoms with Crippen molar-refractivity contribution in [2.24, 2.45) is 0 Å². The molecule has 0 N–H and O–H groups in total. The molecule has 2 heterocycles. The van der Waals surface area contributed by atoms with Crippen LogP contribution in [0.15, 0.2) is 0 Å². The van der Waals surface area contributed by atoms with Crippen LogP contribution < -0.4 is 0 Å². The zero-order valence-corrected chi connectivity index (χ0v) is 9.38. The molecule has 58 valence electrons. The SMILES string of the molecule is S=P12CCCP1(=S)CCC2. The Morgan fingerprint density at radius 3 is 1.30 bits per heavy atom. The lowest BCUT2D eigenvalue weighted by Crippen LogP contribution is -1.81. The smallest absolute Gasteiger partial charge is 0.0129 e. The molecule has 0 aromatic heterocycles. The first-order valence-electron chi connectivity index (χ1n) is 3.83. The van der Waals surface area contributed by atoms with Gasteiger partial charge in [0.25, 0.3) is 0 Å². The molecule has 0 spiro atoms. The van der Waals surface area contributed by atoms with Crippen molar-refractivity contribution in [1.29, 1.82) is 0 Å². The summed E-state index contributed by atoms with van der Waals surface area (Å²) in [6.45, 7) is 0. The summed E-state index contributed by atoms with van der Waals surface area (Å²) in [5.41, 5.74) is -1.77. The van der Waals surface area contributed by atoms with Gasteiger partial charge in [-0.3, -0.25) is 0 Å². The van der Waals surface area contributed by atoms with Gasteiger partial charge in [0.2, 0.25) is 0 Å². The Kier molecular flexibility index (Phi) is 1.90. The molecule has 0 nitrogen and oxygen atoms in total. The first-order valence-corrected chi connectivity index (χ1v) is 10.9. The average Bonchev–Trinajstić information content (AvgIpc) is 2.20. The van der Waals surface area contributed by atoms with Crippen LogP contribution in [-0.2, 0) is 23.6 Å². The van der Waals surface area contributed by atoms with Crippen molar-refractivity contribution in [1.82, 2.24) is 0 Å². The molecule has 0 unspecified atom stereocenters. The second-order valence-corrected chi connectivity index (χ2v) is 18.9. The minimum atomic E-state index is -0.883. The number of fused-ring (bicyclic) bond motifs is 1. The van der Waals surface area contributed by atoms with Gasteiger partial charge in [0, 0.05) is 0 Å². The highest BCUT2D eigenvalue weighted by atomic mass is 32.8. The van der Waals surface area contributed by atoms with Gasteiger partial charge >= 0.3 is 0 Å². The van der Waals surface area contributed by atoms with Crippen LogP contribution in [0.25, 0.3) is 0 Å². The molecule has 2 fully saturated rings. The van der Waals surface area contributed by atoms with E-state index in [1.165, 1.54) is 37.5 Å². The molecule has 4 heteroatoms. The van der Waals surface area contributed by atoms with E-state index in [4.69, 9.17) is 23.6 Å². The number of hydrogen-bond acceptors (Lipinski definition) is 2. The third kappa shape index (κ3) is 0.926. The van der Waals surface area contributed by atoms with Crippen LogP contribution in [0.5, 0.6) is 0 Å². The number of hydrogen-bond donors (Lipinski definition) is 0. The van der Waals surface area contributed by atoms with Gasteiger partial charge in [-0.1, -0.05) is 23.6 Å². The monoisotopic (exact) mass is 210 g/mol. The minimum Gasteiger partial charge on any atom is -0.0919 e. The Hall–Kier alpha value is 1.30. The van der Waals surface area contributed by atoms with Crippen molar-refractivity contribution in [3.63, 3.8) is 0 Å². The summed E-state index contributed by atoms with van der Waals surface area (Å²) >= 11 is 11.4. The summed E-state index contributed by atoms with van der Waals surface area (Å²) in [5.74, 6) is 0. The van der Waals surface area contributed by atoms with Gasteiger partial charge in [-0.2, -0.15) is 0 Å². The molecule has 10 heavy (non-hydrogen) atoms. The van der Waals surface area contributed by atoms with E-state index in [9.17, 15) is 0 Å². The second kappa shape index (κ2) is 2.39. The van der Waals surface area contributed by atoms with Crippen LogP contribution >= 0.6 is 11.5 Å². The van der Waals surface area contributed by atoms with Crippen molar-refractivity contribution >= 4 is 35.1 Å². The summed E-state index contributed by atoms with van der Waals surface area (Å²) in [4.78, 5) is 0. The first-order chi connectivity index (χ1) is 4.66. The van der Waals surface area contributed by atoms with Crippen LogP contribution in [0.4, 0.5) is 0 Å². The van der Waals surface area contributed by atoms with E-state index in [1.54, 1.807) is 0 Å². The maximum Gasteiger partial charge on any atom is -0.0129 e. The van der Waals surface area contributed by atoms with Gasteiger partial charge < -0.3 is 0 Å². The Balaban J connectivity index is 2.49. The lowest BCUT2D eigenvalue weighted by molar-refractivity contribution is 1.07. The quantitative estimate of drug-likeness (QED) is 0.564. The van der Waals surface area contributed by atoms with E-state index in [0.29, 0.717) is 0 Å². The molecular formula is C6H12P2S2. The predicted molar refractivity (Wildman–Crippen MR) is 57.3 cm³/mol. The molecule has 2 rings (SSSR count). The summed E-state index contributed by atoms with van der Waals surface area (Å²) in [5, 5.41) is 0. The Bertz CT molecular complexity index is 204. The molecule has 0 amide bonds. The Morgan fingerprint density at radius 2 is 1.00 bits per heavy atom. The molecule has 2 saturated heterocycles. The molecule has 2 aliphatic heterocycles. The summed E-state index contributed by atoms with van der Waals surface area (Å²) in [6.07, 6.45) is 8.27. The minimum absolute atomic E-state index is 0.883. The molecule has 0 aliphatic carbocycles. The molecule has 0 saturated carbocycles. The van der Waals surface area contributed by atoms with Gasteiger partial charge in [0.05, 0.1) is 0 Å². The summed E-state index contributed by atoms with van der Waals surface area (Å²) in [6, 6.07) is 0. The lowest BCUT2D eigenvalue weighted by atomic mass is 10.5.